The second kappa shape index (κ2) is 8.38. The maximum Gasteiger partial charge on any atom is 0.252 e. The number of fused-ring (bicyclic) bond motifs is 1. The van der Waals surface area contributed by atoms with Gasteiger partial charge in [-0.15, -0.1) is 0 Å². The molecule has 158 valence electrons. The molecule has 3 aromatic rings. The molecule has 1 aliphatic rings. The summed E-state index contributed by atoms with van der Waals surface area (Å²) in [4.78, 5) is 12.8. The summed E-state index contributed by atoms with van der Waals surface area (Å²) < 4.78 is 12.9. The molecule has 30 heavy (non-hydrogen) atoms. The molecule has 1 saturated heterocycles. The van der Waals surface area contributed by atoms with Gasteiger partial charge in [-0.3, -0.25) is 4.79 Å². The second-order valence-corrected chi connectivity index (χ2v) is 7.48. The van der Waals surface area contributed by atoms with Crippen LogP contribution in [0.4, 0.5) is 0 Å². The molecule has 1 fully saturated rings. The van der Waals surface area contributed by atoms with Gasteiger partial charge in [-0.2, -0.15) is 0 Å². The number of hydrogen-bond donors (Lipinski definition) is 3. The smallest absolute Gasteiger partial charge is 0.252 e. The topological polar surface area (TPSA) is 76.6 Å². The molecule has 1 aliphatic heterocycles. The lowest BCUT2D eigenvalue weighted by Gasteiger charge is -2.16. The summed E-state index contributed by atoms with van der Waals surface area (Å²) in [6.07, 6.45) is 0.548. The quantitative estimate of drug-likeness (QED) is 0.584. The van der Waals surface area contributed by atoms with E-state index in [9.17, 15) is 4.79 Å². The average molecular weight is 409 g/mol. The molecule has 0 radical (unpaired) electrons. The third-order valence-electron chi connectivity index (χ3n) is 5.74. The fourth-order valence-corrected chi connectivity index (χ4v) is 4.30. The zero-order chi connectivity index (χ0) is 21.3. The van der Waals surface area contributed by atoms with Crippen molar-refractivity contribution in [2.75, 3.05) is 14.2 Å². The fraction of sp³-hybridized carbons (Fsp3) is 0.348. The molecule has 1 amide bonds. The van der Waals surface area contributed by atoms with Gasteiger partial charge in [0.2, 0.25) is 0 Å². The Morgan fingerprint density at radius 3 is 2.50 bits per heavy atom. The predicted octanol–water partition coefficient (Wildman–Crippen LogP) is 3.28. The minimum Gasteiger partial charge on any atom is -0.497 e. The maximum atomic E-state index is 12.8. The Labute approximate surface area is 176 Å². The third-order valence-corrected chi connectivity index (χ3v) is 5.74. The Bertz CT molecular complexity index is 1050. The van der Waals surface area contributed by atoms with E-state index in [0.29, 0.717) is 17.1 Å². The number of hydrazine groups is 1. The van der Waals surface area contributed by atoms with Crippen molar-refractivity contribution < 1.29 is 14.3 Å². The Balaban J connectivity index is 1.53. The molecule has 2 atom stereocenters. The maximum absolute atomic E-state index is 12.8. The molecule has 2 unspecified atom stereocenters. The number of methoxy groups -OCH3 is 2. The number of nitrogens with one attached hydrogen (secondary N) is 3. The van der Waals surface area contributed by atoms with Crippen LogP contribution in [-0.4, -0.2) is 30.9 Å². The molecule has 3 N–H and O–H groups in total. The Hall–Kier alpha value is -3.03. The highest BCUT2D eigenvalue weighted by Crippen LogP contribution is 2.33. The van der Waals surface area contributed by atoms with Crippen molar-refractivity contribution in [3.8, 4) is 11.5 Å². The lowest BCUT2D eigenvalue weighted by Crippen LogP contribution is -2.44. The molecule has 0 saturated carbocycles. The normalized spacial score (nSPS) is 18.5. The molecule has 0 spiro atoms. The summed E-state index contributed by atoms with van der Waals surface area (Å²) >= 11 is 0. The van der Waals surface area contributed by atoms with Crippen LogP contribution in [0, 0.1) is 6.92 Å². The lowest BCUT2D eigenvalue weighted by atomic mass is 10.1. The van der Waals surface area contributed by atoms with Gasteiger partial charge in [0.05, 0.1) is 26.4 Å². The van der Waals surface area contributed by atoms with Gasteiger partial charge in [0, 0.05) is 41.2 Å². The molecule has 4 rings (SSSR count). The van der Waals surface area contributed by atoms with Crippen LogP contribution in [-0.2, 0) is 6.54 Å². The van der Waals surface area contributed by atoms with Gasteiger partial charge in [-0.1, -0.05) is 18.2 Å². The number of hydrogen-bond acceptors (Lipinski definition) is 5. The van der Waals surface area contributed by atoms with Crippen molar-refractivity contribution in [1.82, 2.24) is 20.7 Å². The minimum atomic E-state index is -0.192. The van der Waals surface area contributed by atoms with Gasteiger partial charge in [-0.05, 0) is 37.6 Å². The summed E-state index contributed by atoms with van der Waals surface area (Å²) in [5.74, 6) is 0.982. The van der Waals surface area contributed by atoms with E-state index in [1.165, 1.54) is 22.2 Å². The molecule has 0 bridgehead atoms. The molecule has 7 heteroatoms. The average Bonchev–Trinajstić information content (AvgIpc) is 3.35. The van der Waals surface area contributed by atoms with E-state index in [1.807, 2.05) is 0 Å². The lowest BCUT2D eigenvalue weighted by molar-refractivity contribution is 0.0931. The van der Waals surface area contributed by atoms with E-state index in [2.05, 4.69) is 58.8 Å². The van der Waals surface area contributed by atoms with E-state index in [-0.39, 0.29) is 18.1 Å². The largest absolute Gasteiger partial charge is 0.497 e. The van der Waals surface area contributed by atoms with Gasteiger partial charge in [0.15, 0.2) is 0 Å². The number of ether oxygens (including phenoxy) is 2. The number of rotatable bonds is 6. The SMILES string of the molecule is CCn1c(C2CC(NC(=O)c3cc(OC)cc(OC)c3)NN2)c(C)c2ccccc21. The van der Waals surface area contributed by atoms with Crippen LogP contribution in [0.25, 0.3) is 10.9 Å². The van der Waals surface area contributed by atoms with Crippen molar-refractivity contribution in [2.24, 2.45) is 0 Å². The third kappa shape index (κ3) is 3.62. The first-order valence-electron chi connectivity index (χ1n) is 10.2. The number of aromatic nitrogens is 1. The van der Waals surface area contributed by atoms with E-state index in [1.54, 1.807) is 32.4 Å². The number of aryl methyl sites for hydroxylation is 2. The highest BCUT2D eigenvalue weighted by molar-refractivity contribution is 5.95. The highest BCUT2D eigenvalue weighted by atomic mass is 16.5. The van der Waals surface area contributed by atoms with Crippen LogP contribution in [0.1, 0.15) is 41.0 Å². The van der Waals surface area contributed by atoms with Crippen molar-refractivity contribution >= 4 is 16.8 Å². The first-order chi connectivity index (χ1) is 14.5. The van der Waals surface area contributed by atoms with Crippen molar-refractivity contribution in [1.29, 1.82) is 0 Å². The van der Waals surface area contributed by atoms with Crippen molar-refractivity contribution in [3.05, 3.63) is 59.3 Å². The summed E-state index contributed by atoms with van der Waals surface area (Å²) in [6, 6.07) is 13.7. The van der Waals surface area contributed by atoms with Gasteiger partial charge in [0.25, 0.3) is 5.91 Å². The zero-order valence-corrected chi connectivity index (χ0v) is 17.8. The summed E-state index contributed by atoms with van der Waals surface area (Å²) in [5.41, 5.74) is 10.9. The van der Waals surface area contributed by atoms with Gasteiger partial charge < -0.3 is 19.4 Å². The molecule has 7 nitrogen and oxygen atoms in total. The van der Waals surface area contributed by atoms with Gasteiger partial charge >= 0.3 is 0 Å². The highest BCUT2D eigenvalue weighted by Gasteiger charge is 2.30. The number of benzene rings is 2. The number of carbonyl (C=O) groups excluding carboxylic acids is 1. The number of nitrogens with zero attached hydrogens (tertiary/aromatic N) is 1. The molecule has 0 aliphatic carbocycles. The van der Waals surface area contributed by atoms with Crippen LogP contribution in [0.3, 0.4) is 0 Å². The Morgan fingerprint density at radius 2 is 1.83 bits per heavy atom. The monoisotopic (exact) mass is 408 g/mol. The zero-order valence-electron chi connectivity index (χ0n) is 17.8. The Morgan fingerprint density at radius 1 is 1.13 bits per heavy atom. The van der Waals surface area contributed by atoms with E-state index in [0.717, 1.165) is 13.0 Å². The molecular formula is C23H28N4O3. The predicted molar refractivity (Wildman–Crippen MR) is 117 cm³/mol. The minimum absolute atomic E-state index is 0.0995. The molecule has 2 aromatic carbocycles. The van der Waals surface area contributed by atoms with E-state index >= 15 is 0 Å². The number of amides is 1. The Kier molecular flexibility index (Phi) is 5.65. The van der Waals surface area contributed by atoms with Crippen LogP contribution >= 0.6 is 0 Å². The standard InChI is InChI=1S/C23H28N4O3/c1-5-27-20-9-7-6-8-18(20)14(2)22(27)19-13-21(26-25-19)24-23(28)15-10-16(29-3)12-17(11-15)30-4/h6-12,19,21,25-26H,5,13H2,1-4H3,(H,24,28). The molecule has 1 aromatic heterocycles. The number of para-hydroxylation sites is 1. The summed E-state index contributed by atoms with van der Waals surface area (Å²) in [5, 5.41) is 4.33. The van der Waals surface area contributed by atoms with Crippen LogP contribution in [0.2, 0.25) is 0 Å². The first-order valence-corrected chi connectivity index (χ1v) is 10.2. The van der Waals surface area contributed by atoms with Gasteiger partial charge in [0.1, 0.15) is 11.5 Å². The fourth-order valence-electron chi connectivity index (χ4n) is 4.30. The van der Waals surface area contributed by atoms with E-state index in [4.69, 9.17) is 9.47 Å². The summed E-state index contributed by atoms with van der Waals surface area (Å²) in [7, 11) is 3.14. The van der Waals surface area contributed by atoms with Crippen molar-refractivity contribution in [3.63, 3.8) is 0 Å². The second-order valence-electron chi connectivity index (χ2n) is 7.48. The summed E-state index contributed by atoms with van der Waals surface area (Å²) in [6.45, 7) is 5.22. The number of carbonyl (C=O) groups is 1. The van der Waals surface area contributed by atoms with Crippen LogP contribution in [0.5, 0.6) is 11.5 Å². The van der Waals surface area contributed by atoms with Crippen molar-refractivity contribution in [2.45, 2.75) is 39.0 Å². The molecule has 2 heterocycles. The molecular weight excluding hydrogens is 380 g/mol. The van der Waals surface area contributed by atoms with E-state index < -0.39 is 0 Å². The first kappa shape index (κ1) is 20.3. The van der Waals surface area contributed by atoms with Crippen LogP contribution < -0.4 is 25.6 Å². The van der Waals surface area contributed by atoms with Gasteiger partial charge in [-0.25, -0.2) is 10.9 Å². The van der Waals surface area contributed by atoms with Crippen LogP contribution in [0.15, 0.2) is 42.5 Å².